The van der Waals surface area contributed by atoms with E-state index in [0.29, 0.717) is 34.6 Å². The van der Waals surface area contributed by atoms with Gasteiger partial charge >= 0.3 is 0 Å². The van der Waals surface area contributed by atoms with Crippen molar-refractivity contribution in [3.63, 3.8) is 0 Å². The van der Waals surface area contributed by atoms with Crippen LogP contribution < -0.4 is 10.5 Å². The fourth-order valence-corrected chi connectivity index (χ4v) is 5.08. The number of nitrogens with zero attached hydrogens (tertiary/aromatic N) is 3. The molecular formula is C17H14Cl2N4O3S2. The van der Waals surface area contributed by atoms with Crippen molar-refractivity contribution in [3.8, 4) is 5.75 Å². The van der Waals surface area contributed by atoms with Gasteiger partial charge in [-0.15, -0.1) is 9.19 Å². The van der Waals surface area contributed by atoms with Gasteiger partial charge in [-0.25, -0.2) is 0 Å². The number of anilines is 1. The summed E-state index contributed by atoms with van der Waals surface area (Å²) in [6.45, 7) is 0.541. The molecule has 0 amide bonds. The number of nitrogens with two attached hydrogens (primary N) is 1. The Balaban J connectivity index is 1.57. The third kappa shape index (κ3) is 3.67. The van der Waals surface area contributed by atoms with Crippen LogP contribution in [-0.4, -0.2) is 29.2 Å². The van der Waals surface area contributed by atoms with Crippen molar-refractivity contribution in [1.29, 1.82) is 0 Å². The molecule has 0 radical (unpaired) electrons. The Morgan fingerprint density at radius 1 is 1.18 bits per heavy atom. The highest BCUT2D eigenvalue weighted by Crippen LogP contribution is 2.30. The Morgan fingerprint density at radius 2 is 2.00 bits per heavy atom. The van der Waals surface area contributed by atoms with Crippen LogP contribution in [0.25, 0.3) is 0 Å². The Kier molecular flexibility index (Phi) is 5.17. The largest absolute Gasteiger partial charge is 0.493 e. The molecule has 11 heteroatoms. The number of fused-ring (bicyclic) bond motifs is 1. The van der Waals surface area contributed by atoms with Gasteiger partial charge in [0, 0.05) is 12.2 Å². The molecule has 7 nitrogen and oxygen atoms in total. The van der Waals surface area contributed by atoms with Gasteiger partial charge in [-0.05, 0) is 41.5 Å². The first-order valence-electron chi connectivity index (χ1n) is 8.15. The van der Waals surface area contributed by atoms with E-state index in [0.717, 1.165) is 15.2 Å². The van der Waals surface area contributed by atoms with Crippen LogP contribution in [0.15, 0.2) is 46.5 Å². The molecule has 3 aromatic rings. The molecule has 0 saturated carbocycles. The van der Waals surface area contributed by atoms with Crippen molar-refractivity contribution >= 4 is 50.9 Å². The molecule has 1 aromatic heterocycles. The molecule has 1 aliphatic rings. The maximum absolute atomic E-state index is 12.9. The maximum Gasteiger partial charge on any atom is 0.286 e. The first kappa shape index (κ1) is 19.4. The van der Waals surface area contributed by atoms with Gasteiger partial charge in [0.25, 0.3) is 10.0 Å². The zero-order valence-electron chi connectivity index (χ0n) is 14.3. The summed E-state index contributed by atoms with van der Waals surface area (Å²) in [6.07, 6.45) is 0.663. The molecule has 28 heavy (non-hydrogen) atoms. The maximum atomic E-state index is 12.9. The predicted molar refractivity (Wildman–Crippen MR) is 109 cm³/mol. The van der Waals surface area contributed by atoms with Crippen LogP contribution in [0.5, 0.6) is 5.75 Å². The third-order valence-electron chi connectivity index (χ3n) is 4.12. The number of thioether (sulfide) groups is 1. The average Bonchev–Trinajstić information content (AvgIpc) is 3.28. The second-order valence-corrected chi connectivity index (χ2v) is 9.53. The Morgan fingerprint density at radius 3 is 2.79 bits per heavy atom. The molecule has 0 fully saturated rings. The molecule has 0 saturated heterocycles. The minimum atomic E-state index is -3.96. The van der Waals surface area contributed by atoms with Gasteiger partial charge in [0.1, 0.15) is 5.75 Å². The lowest BCUT2D eigenvalue weighted by molar-refractivity contribution is 0.356. The summed E-state index contributed by atoms with van der Waals surface area (Å²) in [5.41, 5.74) is 7.56. The molecule has 0 spiro atoms. The van der Waals surface area contributed by atoms with Gasteiger partial charge in [-0.1, -0.05) is 41.0 Å². The van der Waals surface area contributed by atoms with Crippen molar-refractivity contribution < 1.29 is 13.2 Å². The molecule has 0 unspecified atom stereocenters. The minimum absolute atomic E-state index is 0.0920. The van der Waals surface area contributed by atoms with Gasteiger partial charge in [-0.2, -0.15) is 13.4 Å². The average molecular weight is 457 g/mol. The summed E-state index contributed by atoms with van der Waals surface area (Å²) in [6, 6.07) is 9.96. The van der Waals surface area contributed by atoms with E-state index < -0.39 is 10.0 Å². The van der Waals surface area contributed by atoms with Gasteiger partial charge in [-0.3, -0.25) is 0 Å². The molecule has 146 valence electrons. The lowest BCUT2D eigenvalue weighted by atomic mass is 10.2. The fourth-order valence-electron chi connectivity index (χ4n) is 2.73. The van der Waals surface area contributed by atoms with Gasteiger partial charge in [0.2, 0.25) is 11.1 Å². The summed E-state index contributed by atoms with van der Waals surface area (Å²) in [5.74, 6) is 0.980. The SMILES string of the molecule is Nc1nc(SCc2ccc(Cl)c(Cl)c2)nn1S(=O)(=O)c1ccc2c(c1)CCO2. The monoisotopic (exact) mass is 456 g/mol. The lowest BCUT2D eigenvalue weighted by Crippen LogP contribution is -2.17. The van der Waals surface area contributed by atoms with Crippen LogP contribution in [0.4, 0.5) is 5.95 Å². The quantitative estimate of drug-likeness (QED) is 0.584. The highest BCUT2D eigenvalue weighted by molar-refractivity contribution is 7.98. The zero-order chi connectivity index (χ0) is 19.9. The van der Waals surface area contributed by atoms with Crippen molar-refractivity contribution in [1.82, 2.24) is 14.2 Å². The van der Waals surface area contributed by atoms with Crippen LogP contribution in [0.3, 0.4) is 0 Å². The summed E-state index contributed by atoms with van der Waals surface area (Å²) < 4.78 is 32.0. The lowest BCUT2D eigenvalue weighted by Gasteiger charge is -2.06. The highest BCUT2D eigenvalue weighted by atomic mass is 35.5. The van der Waals surface area contributed by atoms with Crippen molar-refractivity contribution in [2.24, 2.45) is 0 Å². The Hall–Kier alpha value is -1.94. The molecule has 4 rings (SSSR count). The summed E-state index contributed by atoms with van der Waals surface area (Å²) in [7, 11) is -3.96. The Bertz CT molecular complexity index is 1170. The number of aromatic nitrogens is 3. The van der Waals surface area contributed by atoms with Crippen LogP contribution in [0, 0.1) is 0 Å². The molecule has 2 N–H and O–H groups in total. The van der Waals surface area contributed by atoms with Gasteiger partial charge in [0.15, 0.2) is 0 Å². The molecule has 2 aromatic carbocycles. The van der Waals surface area contributed by atoms with E-state index >= 15 is 0 Å². The fraction of sp³-hybridized carbons (Fsp3) is 0.176. The van der Waals surface area contributed by atoms with E-state index in [1.807, 2.05) is 6.07 Å². The van der Waals surface area contributed by atoms with Crippen LogP contribution >= 0.6 is 35.0 Å². The van der Waals surface area contributed by atoms with Crippen LogP contribution in [0.1, 0.15) is 11.1 Å². The standard InChI is InChI=1S/C17H14Cl2N4O3S2/c18-13-3-1-10(7-14(13)19)9-27-17-21-16(20)23(22-17)28(24,25)12-2-4-15-11(8-12)5-6-26-15/h1-4,7-8H,5-6,9H2,(H2,20,21,22). The summed E-state index contributed by atoms with van der Waals surface area (Å²) in [4.78, 5) is 4.15. The van der Waals surface area contributed by atoms with Crippen LogP contribution in [0.2, 0.25) is 10.0 Å². The number of rotatable bonds is 5. The van der Waals surface area contributed by atoms with Crippen LogP contribution in [-0.2, 0) is 22.2 Å². The van der Waals surface area contributed by atoms with Gasteiger partial charge < -0.3 is 10.5 Å². The van der Waals surface area contributed by atoms with E-state index in [4.69, 9.17) is 33.7 Å². The van der Waals surface area contributed by atoms with E-state index in [1.54, 1.807) is 24.3 Å². The predicted octanol–water partition coefficient (Wildman–Crippen LogP) is 3.63. The zero-order valence-corrected chi connectivity index (χ0v) is 17.4. The topological polar surface area (TPSA) is 100 Å². The molecule has 0 bridgehead atoms. The Labute approximate surface area is 175 Å². The first-order valence-corrected chi connectivity index (χ1v) is 11.3. The molecule has 1 aliphatic heterocycles. The van der Waals surface area contributed by atoms with E-state index in [1.165, 1.54) is 17.8 Å². The summed E-state index contributed by atoms with van der Waals surface area (Å²) >= 11 is 13.2. The number of hydrogen-bond donors (Lipinski definition) is 1. The highest BCUT2D eigenvalue weighted by Gasteiger charge is 2.25. The summed E-state index contributed by atoms with van der Waals surface area (Å²) in [5, 5.41) is 5.23. The van der Waals surface area contributed by atoms with Crippen molar-refractivity contribution in [2.75, 3.05) is 12.3 Å². The minimum Gasteiger partial charge on any atom is -0.493 e. The molecule has 2 heterocycles. The number of nitrogen functional groups attached to an aromatic ring is 1. The third-order valence-corrected chi connectivity index (χ3v) is 7.34. The smallest absolute Gasteiger partial charge is 0.286 e. The second kappa shape index (κ2) is 7.47. The second-order valence-electron chi connectivity index (χ2n) is 6.01. The van der Waals surface area contributed by atoms with E-state index in [9.17, 15) is 8.42 Å². The molecule has 0 aliphatic carbocycles. The number of hydrogen-bond acceptors (Lipinski definition) is 7. The van der Waals surface area contributed by atoms with Gasteiger partial charge in [0.05, 0.1) is 21.5 Å². The number of ether oxygens (including phenoxy) is 1. The number of halogens is 2. The normalized spacial score (nSPS) is 13.4. The first-order chi connectivity index (χ1) is 13.3. The number of benzene rings is 2. The van der Waals surface area contributed by atoms with E-state index in [2.05, 4.69) is 10.1 Å². The van der Waals surface area contributed by atoms with E-state index in [-0.39, 0.29) is 16.0 Å². The van der Waals surface area contributed by atoms with Crippen molar-refractivity contribution in [3.05, 3.63) is 57.6 Å². The molecule has 0 atom stereocenters. The molecular weight excluding hydrogens is 443 g/mol. The van der Waals surface area contributed by atoms with Crippen molar-refractivity contribution in [2.45, 2.75) is 22.2 Å².